The Labute approximate surface area is 96.4 Å². The van der Waals surface area contributed by atoms with Crippen LogP contribution in [0.4, 0.5) is 0 Å². The van der Waals surface area contributed by atoms with Crippen LogP contribution in [0.3, 0.4) is 0 Å². The summed E-state index contributed by atoms with van der Waals surface area (Å²) in [5, 5.41) is 0.611. The predicted octanol–water partition coefficient (Wildman–Crippen LogP) is 3.54. The lowest BCUT2D eigenvalue weighted by atomic mass is 10.1. The lowest BCUT2D eigenvalue weighted by molar-refractivity contribution is 0.131. The average Bonchev–Trinajstić information content (AvgIpc) is 2.05. The highest BCUT2D eigenvalue weighted by atomic mass is 35.5. The summed E-state index contributed by atoms with van der Waals surface area (Å²) < 4.78 is 5.69. The third kappa shape index (κ3) is 3.73. The van der Waals surface area contributed by atoms with E-state index in [1.165, 1.54) is 0 Å². The van der Waals surface area contributed by atoms with Gasteiger partial charge in [0, 0.05) is 6.04 Å². The summed E-state index contributed by atoms with van der Waals surface area (Å²) in [7, 11) is 0. The van der Waals surface area contributed by atoms with Crippen molar-refractivity contribution in [3.8, 4) is 5.75 Å². The van der Waals surface area contributed by atoms with Crippen LogP contribution in [-0.4, -0.2) is 5.60 Å². The zero-order valence-electron chi connectivity index (χ0n) is 9.67. The first-order valence-corrected chi connectivity index (χ1v) is 5.41. The van der Waals surface area contributed by atoms with E-state index in [2.05, 4.69) is 0 Å². The standard InChI is InChI=1S/C12H18ClNO/c1-8(14)9-5-6-11(10(13)7-9)15-12(2,3)4/h5-8H,14H2,1-4H3. The highest BCUT2D eigenvalue weighted by Gasteiger charge is 2.14. The predicted molar refractivity (Wildman–Crippen MR) is 64.4 cm³/mol. The van der Waals surface area contributed by atoms with Gasteiger partial charge in [-0.05, 0) is 45.4 Å². The lowest BCUT2D eigenvalue weighted by Crippen LogP contribution is -2.23. The maximum Gasteiger partial charge on any atom is 0.138 e. The molecule has 0 spiro atoms. The maximum absolute atomic E-state index is 6.10. The molecular weight excluding hydrogens is 210 g/mol. The highest BCUT2D eigenvalue weighted by molar-refractivity contribution is 6.32. The van der Waals surface area contributed by atoms with E-state index in [4.69, 9.17) is 22.1 Å². The first-order valence-electron chi connectivity index (χ1n) is 5.03. The molecule has 0 heterocycles. The van der Waals surface area contributed by atoms with E-state index in [0.717, 1.165) is 5.56 Å². The van der Waals surface area contributed by atoms with Gasteiger partial charge in [-0.2, -0.15) is 0 Å². The Balaban J connectivity index is 2.94. The zero-order chi connectivity index (χ0) is 11.6. The average molecular weight is 228 g/mol. The Morgan fingerprint density at radius 3 is 2.33 bits per heavy atom. The van der Waals surface area contributed by atoms with Crippen LogP contribution in [0.1, 0.15) is 39.3 Å². The summed E-state index contributed by atoms with van der Waals surface area (Å²) in [6, 6.07) is 5.66. The summed E-state index contributed by atoms with van der Waals surface area (Å²) in [4.78, 5) is 0. The molecule has 0 aliphatic heterocycles. The van der Waals surface area contributed by atoms with E-state index in [1.807, 2.05) is 45.9 Å². The van der Waals surface area contributed by atoms with Crippen LogP contribution in [0.25, 0.3) is 0 Å². The minimum absolute atomic E-state index is 0.00816. The van der Waals surface area contributed by atoms with Gasteiger partial charge in [-0.1, -0.05) is 17.7 Å². The number of benzene rings is 1. The van der Waals surface area contributed by atoms with Crippen LogP contribution in [0, 0.1) is 0 Å². The van der Waals surface area contributed by atoms with E-state index in [1.54, 1.807) is 0 Å². The van der Waals surface area contributed by atoms with Gasteiger partial charge in [0.2, 0.25) is 0 Å². The summed E-state index contributed by atoms with van der Waals surface area (Å²) >= 11 is 6.10. The van der Waals surface area contributed by atoms with Gasteiger partial charge in [-0.3, -0.25) is 0 Å². The molecule has 1 rings (SSSR count). The number of rotatable bonds is 2. The Hall–Kier alpha value is -0.730. The molecule has 1 aromatic rings. The summed E-state index contributed by atoms with van der Waals surface area (Å²) in [6.07, 6.45) is 0. The van der Waals surface area contributed by atoms with Crippen molar-refractivity contribution >= 4 is 11.6 Å². The molecule has 1 atom stereocenters. The Bertz CT molecular complexity index is 342. The molecule has 84 valence electrons. The smallest absolute Gasteiger partial charge is 0.138 e. The Morgan fingerprint density at radius 1 is 1.33 bits per heavy atom. The molecular formula is C12H18ClNO. The van der Waals surface area contributed by atoms with Gasteiger partial charge in [0.05, 0.1) is 5.02 Å². The van der Waals surface area contributed by atoms with E-state index < -0.39 is 0 Å². The van der Waals surface area contributed by atoms with Crippen molar-refractivity contribution < 1.29 is 4.74 Å². The monoisotopic (exact) mass is 227 g/mol. The topological polar surface area (TPSA) is 35.2 Å². The van der Waals surface area contributed by atoms with E-state index in [9.17, 15) is 0 Å². The Morgan fingerprint density at radius 2 is 1.93 bits per heavy atom. The third-order valence-electron chi connectivity index (χ3n) is 1.90. The first-order chi connectivity index (χ1) is 6.79. The van der Waals surface area contributed by atoms with Gasteiger partial charge < -0.3 is 10.5 Å². The Kier molecular flexibility index (Phi) is 3.63. The normalized spacial score (nSPS) is 13.7. The summed E-state index contributed by atoms with van der Waals surface area (Å²) in [5.74, 6) is 0.702. The molecule has 3 heteroatoms. The fourth-order valence-corrected chi connectivity index (χ4v) is 1.44. The van der Waals surface area contributed by atoms with Crippen molar-refractivity contribution in [3.05, 3.63) is 28.8 Å². The second-order valence-electron chi connectivity index (χ2n) is 4.69. The van der Waals surface area contributed by atoms with Gasteiger partial charge in [0.25, 0.3) is 0 Å². The summed E-state index contributed by atoms with van der Waals surface area (Å²) in [5.41, 5.74) is 6.54. The van der Waals surface area contributed by atoms with Crippen LogP contribution in [0.15, 0.2) is 18.2 Å². The molecule has 1 aromatic carbocycles. The molecule has 0 aliphatic carbocycles. The van der Waals surface area contributed by atoms with Crippen LogP contribution < -0.4 is 10.5 Å². The first kappa shape index (κ1) is 12.3. The quantitative estimate of drug-likeness (QED) is 0.839. The minimum Gasteiger partial charge on any atom is -0.487 e. The number of halogens is 1. The number of hydrogen-bond donors (Lipinski definition) is 1. The van der Waals surface area contributed by atoms with Crippen molar-refractivity contribution in [2.75, 3.05) is 0 Å². The largest absolute Gasteiger partial charge is 0.487 e. The molecule has 15 heavy (non-hydrogen) atoms. The molecule has 0 aliphatic rings. The van der Waals surface area contributed by atoms with Crippen LogP contribution in [0.2, 0.25) is 5.02 Å². The third-order valence-corrected chi connectivity index (χ3v) is 2.19. The zero-order valence-corrected chi connectivity index (χ0v) is 10.4. The van der Waals surface area contributed by atoms with Crippen molar-refractivity contribution in [3.63, 3.8) is 0 Å². The minimum atomic E-state index is -0.237. The van der Waals surface area contributed by atoms with E-state index >= 15 is 0 Å². The molecule has 0 radical (unpaired) electrons. The number of nitrogens with two attached hydrogens (primary N) is 1. The van der Waals surface area contributed by atoms with E-state index in [0.29, 0.717) is 10.8 Å². The number of hydrogen-bond acceptors (Lipinski definition) is 2. The second kappa shape index (κ2) is 4.42. The van der Waals surface area contributed by atoms with Gasteiger partial charge in [0.1, 0.15) is 11.4 Å². The molecule has 0 bridgehead atoms. The van der Waals surface area contributed by atoms with Crippen LogP contribution in [-0.2, 0) is 0 Å². The van der Waals surface area contributed by atoms with Crippen molar-refractivity contribution in [2.45, 2.75) is 39.3 Å². The van der Waals surface area contributed by atoms with Crippen LogP contribution >= 0.6 is 11.6 Å². The molecule has 0 aromatic heterocycles. The summed E-state index contributed by atoms with van der Waals surface area (Å²) in [6.45, 7) is 7.89. The molecule has 0 saturated carbocycles. The molecule has 0 saturated heterocycles. The molecule has 0 amide bonds. The van der Waals surface area contributed by atoms with E-state index in [-0.39, 0.29) is 11.6 Å². The fourth-order valence-electron chi connectivity index (χ4n) is 1.21. The SMILES string of the molecule is CC(N)c1ccc(OC(C)(C)C)c(Cl)c1. The fraction of sp³-hybridized carbons (Fsp3) is 0.500. The van der Waals surface area contributed by atoms with Crippen molar-refractivity contribution in [2.24, 2.45) is 5.73 Å². The lowest BCUT2D eigenvalue weighted by Gasteiger charge is -2.22. The maximum atomic E-state index is 6.10. The van der Waals surface area contributed by atoms with Gasteiger partial charge in [-0.25, -0.2) is 0 Å². The molecule has 1 unspecified atom stereocenters. The highest BCUT2D eigenvalue weighted by Crippen LogP contribution is 2.29. The molecule has 2 nitrogen and oxygen atoms in total. The number of ether oxygens (including phenoxy) is 1. The molecule has 0 fully saturated rings. The van der Waals surface area contributed by atoms with Crippen molar-refractivity contribution in [1.82, 2.24) is 0 Å². The second-order valence-corrected chi connectivity index (χ2v) is 5.10. The van der Waals surface area contributed by atoms with Gasteiger partial charge in [-0.15, -0.1) is 0 Å². The van der Waals surface area contributed by atoms with Crippen molar-refractivity contribution in [1.29, 1.82) is 0 Å². The molecule has 2 N–H and O–H groups in total. The van der Waals surface area contributed by atoms with Crippen LogP contribution in [0.5, 0.6) is 5.75 Å². The van der Waals surface area contributed by atoms with Gasteiger partial charge in [0.15, 0.2) is 0 Å². The van der Waals surface area contributed by atoms with Gasteiger partial charge >= 0.3 is 0 Å².